The first kappa shape index (κ1) is 6.09. The summed E-state index contributed by atoms with van der Waals surface area (Å²) >= 11 is 0. The van der Waals surface area contributed by atoms with E-state index in [0.717, 1.165) is 11.3 Å². The van der Waals surface area contributed by atoms with Gasteiger partial charge in [-0.15, -0.1) is 0 Å². The lowest BCUT2D eigenvalue weighted by atomic mass is 10.2. The zero-order chi connectivity index (χ0) is 7.52. The molecule has 11 heavy (non-hydrogen) atoms. The molecule has 1 aromatic heterocycles. The predicted octanol–water partition coefficient (Wildman–Crippen LogP) is 1.54. The van der Waals surface area contributed by atoms with Crippen LogP contribution in [0.5, 0.6) is 0 Å². The van der Waals surface area contributed by atoms with Crippen molar-refractivity contribution in [2.45, 2.75) is 0 Å². The molecule has 0 spiro atoms. The van der Waals surface area contributed by atoms with Crippen molar-refractivity contribution in [3.63, 3.8) is 0 Å². The Balaban J connectivity index is 2.46. The molecule has 0 aliphatic heterocycles. The van der Waals surface area contributed by atoms with Gasteiger partial charge in [-0.2, -0.15) is 0 Å². The minimum atomic E-state index is 0.749. The molecule has 1 aromatic carbocycles. The first-order chi connectivity index (χ1) is 5.47. The monoisotopic (exact) mass is 145 g/mol. The van der Waals surface area contributed by atoms with Gasteiger partial charge in [0.15, 0.2) is 0 Å². The molecule has 0 aliphatic carbocycles. The Labute approximate surface area is 63.6 Å². The van der Waals surface area contributed by atoms with E-state index >= 15 is 0 Å². The molecule has 1 heterocycles. The van der Waals surface area contributed by atoms with Gasteiger partial charge in [-0.3, -0.25) is 0 Å². The Hall–Kier alpha value is -1.64. The molecule has 0 N–H and O–H groups in total. The van der Waals surface area contributed by atoms with E-state index in [0.29, 0.717) is 0 Å². The molecule has 0 aliphatic rings. The lowest BCUT2D eigenvalue weighted by Gasteiger charge is -1.89. The van der Waals surface area contributed by atoms with Gasteiger partial charge in [0.05, 0.1) is 6.20 Å². The Morgan fingerprint density at radius 3 is 2.73 bits per heavy atom. The van der Waals surface area contributed by atoms with Crippen molar-refractivity contribution < 1.29 is 4.63 Å². The third-order valence-corrected chi connectivity index (χ3v) is 1.38. The van der Waals surface area contributed by atoms with E-state index in [1.165, 1.54) is 0 Å². The molecule has 2 rings (SSSR count). The van der Waals surface area contributed by atoms with Crippen LogP contribution in [0.15, 0.2) is 35.1 Å². The summed E-state index contributed by atoms with van der Waals surface area (Å²) in [5, 5.41) is 7.19. The van der Waals surface area contributed by atoms with Crippen LogP contribution in [0.4, 0.5) is 0 Å². The Morgan fingerprint density at radius 1 is 1.27 bits per heavy atom. The minimum absolute atomic E-state index is 0.749. The van der Waals surface area contributed by atoms with Gasteiger partial charge in [0.1, 0.15) is 5.69 Å². The number of rotatable bonds is 1. The molecule has 0 atom stereocenters. The number of hydrogen-bond donors (Lipinski definition) is 0. The Kier molecular flexibility index (Phi) is 1.41. The largest absolute Gasteiger partial charge is 0.244 e. The van der Waals surface area contributed by atoms with Gasteiger partial charge < -0.3 is 0 Å². The van der Waals surface area contributed by atoms with Crippen LogP contribution in [0.25, 0.3) is 11.3 Å². The maximum atomic E-state index is 4.46. The molecule has 0 bridgehead atoms. The van der Waals surface area contributed by atoms with Gasteiger partial charge in [-0.25, -0.2) is 4.63 Å². The quantitative estimate of drug-likeness (QED) is 0.610. The van der Waals surface area contributed by atoms with Gasteiger partial charge in [-0.1, -0.05) is 29.4 Å². The fourth-order valence-corrected chi connectivity index (χ4v) is 0.850. The number of hydrogen-bond acceptors (Lipinski definition) is 3. The fraction of sp³-hybridized carbons (Fsp3) is 0. The van der Waals surface area contributed by atoms with Crippen molar-refractivity contribution in [3.8, 4) is 11.3 Å². The van der Waals surface area contributed by atoms with Gasteiger partial charge in [0, 0.05) is 5.56 Å². The summed E-state index contributed by atoms with van der Waals surface area (Å²) in [5.74, 6) is 0. The van der Waals surface area contributed by atoms with E-state index in [9.17, 15) is 0 Å². The van der Waals surface area contributed by atoms with Crippen LogP contribution in [0.1, 0.15) is 0 Å². The predicted molar refractivity (Wildman–Crippen MR) is 38.6 cm³/mol. The molecule has 0 amide bonds. The summed E-state index contributed by atoms with van der Waals surface area (Å²) in [4.78, 5) is 0. The average Bonchev–Trinajstić information content (AvgIpc) is 2.58. The third-order valence-electron chi connectivity index (χ3n) is 1.38. The first-order valence-electron chi connectivity index (χ1n) is 3.21. The van der Waals surface area contributed by atoms with Crippen LogP contribution in [0.2, 0.25) is 0 Å². The summed E-state index contributed by atoms with van der Waals surface area (Å²) in [6.07, 6.45) is 1.58. The molecule has 53 valence electrons. The number of aromatic nitrogens is 2. The van der Waals surface area contributed by atoms with E-state index in [1.807, 2.05) is 24.3 Å². The SMILES string of the molecule is [c]1ccc(-c2cnon2)cc1. The van der Waals surface area contributed by atoms with Gasteiger partial charge in [0.2, 0.25) is 0 Å². The fourth-order valence-electron chi connectivity index (χ4n) is 0.850. The van der Waals surface area contributed by atoms with Crippen molar-refractivity contribution in [2.75, 3.05) is 0 Å². The smallest absolute Gasteiger partial charge is 0.135 e. The zero-order valence-corrected chi connectivity index (χ0v) is 5.69. The second-order valence-corrected chi connectivity index (χ2v) is 2.08. The van der Waals surface area contributed by atoms with E-state index in [-0.39, 0.29) is 0 Å². The summed E-state index contributed by atoms with van der Waals surface area (Å²) in [7, 11) is 0. The van der Waals surface area contributed by atoms with E-state index in [2.05, 4.69) is 21.0 Å². The maximum absolute atomic E-state index is 4.46. The van der Waals surface area contributed by atoms with Gasteiger partial charge in [-0.05, 0) is 11.2 Å². The molecule has 0 unspecified atom stereocenters. The molecule has 1 radical (unpaired) electrons. The summed E-state index contributed by atoms with van der Waals surface area (Å²) in [5.41, 5.74) is 1.74. The van der Waals surface area contributed by atoms with Crippen LogP contribution >= 0.6 is 0 Å². The lowest BCUT2D eigenvalue weighted by molar-refractivity contribution is 0.308. The summed E-state index contributed by atoms with van der Waals surface area (Å²) in [6, 6.07) is 10.4. The van der Waals surface area contributed by atoms with Crippen molar-refractivity contribution in [1.82, 2.24) is 10.3 Å². The molecule has 0 saturated carbocycles. The first-order valence-corrected chi connectivity index (χ1v) is 3.21. The average molecular weight is 145 g/mol. The van der Waals surface area contributed by atoms with Crippen LogP contribution < -0.4 is 0 Å². The molecular formula is C8H5N2O. The number of benzene rings is 1. The molecule has 3 heteroatoms. The molecule has 2 aromatic rings. The molecule has 0 saturated heterocycles. The van der Waals surface area contributed by atoms with Gasteiger partial charge >= 0.3 is 0 Å². The Bertz CT molecular complexity index is 315. The standard InChI is InChI=1S/C8H5N2O/c1-2-4-7(5-3-1)8-6-9-11-10-8/h2-6H. The minimum Gasteiger partial charge on any atom is -0.244 e. The second-order valence-electron chi connectivity index (χ2n) is 2.08. The normalized spacial score (nSPS) is 9.82. The van der Waals surface area contributed by atoms with Crippen molar-refractivity contribution in [3.05, 3.63) is 36.5 Å². The van der Waals surface area contributed by atoms with E-state index in [4.69, 9.17) is 0 Å². The highest BCUT2D eigenvalue weighted by Gasteiger charge is 1.98. The van der Waals surface area contributed by atoms with E-state index < -0.39 is 0 Å². The van der Waals surface area contributed by atoms with Gasteiger partial charge in [0.25, 0.3) is 0 Å². The van der Waals surface area contributed by atoms with E-state index in [1.54, 1.807) is 6.20 Å². The van der Waals surface area contributed by atoms with Crippen molar-refractivity contribution >= 4 is 0 Å². The maximum Gasteiger partial charge on any atom is 0.135 e. The topological polar surface area (TPSA) is 38.9 Å². The van der Waals surface area contributed by atoms with Crippen molar-refractivity contribution in [2.24, 2.45) is 0 Å². The molecular weight excluding hydrogens is 140 g/mol. The van der Waals surface area contributed by atoms with Crippen LogP contribution in [0.3, 0.4) is 0 Å². The zero-order valence-electron chi connectivity index (χ0n) is 5.69. The number of nitrogens with zero attached hydrogens (tertiary/aromatic N) is 2. The van der Waals surface area contributed by atoms with Crippen molar-refractivity contribution in [1.29, 1.82) is 0 Å². The third kappa shape index (κ3) is 1.12. The highest BCUT2D eigenvalue weighted by Crippen LogP contribution is 2.13. The van der Waals surface area contributed by atoms with Crippen LogP contribution in [-0.4, -0.2) is 10.3 Å². The summed E-state index contributed by atoms with van der Waals surface area (Å²) in [6.45, 7) is 0. The Morgan fingerprint density at radius 2 is 2.09 bits per heavy atom. The van der Waals surface area contributed by atoms with Crippen LogP contribution in [-0.2, 0) is 0 Å². The molecule has 3 nitrogen and oxygen atoms in total. The van der Waals surface area contributed by atoms with Crippen LogP contribution in [0, 0.1) is 6.07 Å². The highest BCUT2D eigenvalue weighted by atomic mass is 16.6. The second kappa shape index (κ2) is 2.54. The molecule has 0 fully saturated rings. The lowest BCUT2D eigenvalue weighted by Crippen LogP contribution is -1.73. The summed E-state index contributed by atoms with van der Waals surface area (Å²) < 4.78 is 4.46. The highest BCUT2D eigenvalue weighted by molar-refractivity contribution is 5.56.